The second kappa shape index (κ2) is 7.69. The second-order valence-corrected chi connectivity index (χ2v) is 9.97. The van der Waals surface area contributed by atoms with Crippen molar-refractivity contribution in [3.8, 4) is 10.6 Å². The number of nitrogens with zero attached hydrogens (tertiary/aromatic N) is 4. The molecule has 0 atom stereocenters. The molecule has 3 heterocycles. The maximum absolute atomic E-state index is 13.4. The Morgan fingerprint density at radius 3 is 2.32 bits per heavy atom. The molecule has 0 amide bonds. The molecule has 2 aromatic heterocycles. The number of hydrogen-bond acceptors (Lipinski definition) is 5. The minimum absolute atomic E-state index is 0.0950. The van der Waals surface area contributed by atoms with Gasteiger partial charge < -0.3 is 4.90 Å². The van der Waals surface area contributed by atoms with Gasteiger partial charge >= 0.3 is 0 Å². The molecule has 0 N–H and O–H groups in total. The van der Waals surface area contributed by atoms with E-state index in [4.69, 9.17) is 0 Å². The fourth-order valence-corrected chi connectivity index (χ4v) is 5.72. The molecule has 0 saturated carbocycles. The summed E-state index contributed by atoms with van der Waals surface area (Å²) < 4.78 is 30.2. The highest BCUT2D eigenvalue weighted by Crippen LogP contribution is 2.32. The van der Waals surface area contributed by atoms with Crippen LogP contribution in [0.2, 0.25) is 0 Å². The summed E-state index contributed by atoms with van der Waals surface area (Å²) in [5, 5.41) is 6.53. The van der Waals surface area contributed by atoms with Gasteiger partial charge in [-0.15, -0.1) is 11.3 Å². The molecule has 1 saturated heterocycles. The molecule has 1 aliphatic heterocycles. The number of hydrogen-bond donors (Lipinski definition) is 0. The van der Waals surface area contributed by atoms with Gasteiger partial charge in [0.25, 0.3) is 0 Å². The Morgan fingerprint density at radius 2 is 1.71 bits per heavy atom. The van der Waals surface area contributed by atoms with Gasteiger partial charge in [-0.1, -0.05) is 24.3 Å². The minimum Gasteiger partial charge on any atom is -0.369 e. The fourth-order valence-electron chi connectivity index (χ4n) is 3.38. The summed E-state index contributed by atoms with van der Waals surface area (Å²) in [6.45, 7) is 6.29. The van der Waals surface area contributed by atoms with Gasteiger partial charge in [-0.3, -0.25) is 4.68 Å². The number of aromatic nitrogens is 2. The molecule has 3 aromatic rings. The van der Waals surface area contributed by atoms with Crippen molar-refractivity contribution in [3.63, 3.8) is 0 Å². The van der Waals surface area contributed by atoms with Crippen molar-refractivity contribution < 1.29 is 8.42 Å². The monoisotopic (exact) mass is 416 g/mol. The van der Waals surface area contributed by atoms with E-state index in [1.54, 1.807) is 15.2 Å². The van der Waals surface area contributed by atoms with E-state index in [9.17, 15) is 8.42 Å². The van der Waals surface area contributed by atoms with Gasteiger partial charge in [0.15, 0.2) is 0 Å². The van der Waals surface area contributed by atoms with Crippen LogP contribution in [0.4, 0.5) is 5.69 Å². The summed E-state index contributed by atoms with van der Waals surface area (Å²) >= 11 is 1.51. The molecule has 0 unspecified atom stereocenters. The molecular formula is C20H24N4O2S2. The molecule has 28 heavy (non-hydrogen) atoms. The molecule has 0 spiro atoms. The molecule has 8 heteroatoms. The SMILES string of the molecule is CC(C)n1cc(S(=O)(=O)N2CCN(c3ccccc3)CC2)c(-c2cccs2)n1. The molecule has 0 aliphatic carbocycles. The molecule has 4 rings (SSSR count). The first-order valence-corrected chi connectivity index (χ1v) is 11.7. The Balaban J connectivity index is 1.61. The molecule has 148 valence electrons. The van der Waals surface area contributed by atoms with Crippen molar-refractivity contribution in [2.75, 3.05) is 31.1 Å². The average molecular weight is 417 g/mol. The summed E-state index contributed by atoms with van der Waals surface area (Å²) in [4.78, 5) is 3.40. The highest BCUT2D eigenvalue weighted by Gasteiger charge is 2.33. The predicted molar refractivity (Wildman–Crippen MR) is 113 cm³/mol. The lowest BCUT2D eigenvalue weighted by Gasteiger charge is -2.35. The first-order chi connectivity index (χ1) is 13.5. The number of rotatable bonds is 5. The van der Waals surface area contributed by atoms with Crippen LogP contribution in [-0.4, -0.2) is 48.7 Å². The molecule has 0 radical (unpaired) electrons. The third-order valence-corrected chi connectivity index (χ3v) is 7.74. The van der Waals surface area contributed by atoms with Gasteiger partial charge in [0.2, 0.25) is 10.0 Å². The van der Waals surface area contributed by atoms with E-state index in [1.165, 1.54) is 11.3 Å². The number of piperazine rings is 1. The number of para-hydroxylation sites is 1. The summed E-state index contributed by atoms with van der Waals surface area (Å²) in [6, 6.07) is 14.1. The van der Waals surface area contributed by atoms with Crippen LogP contribution in [0.15, 0.2) is 58.9 Å². The van der Waals surface area contributed by atoms with Crippen LogP contribution in [-0.2, 0) is 10.0 Å². The Labute approximate surface area is 170 Å². The number of thiophene rings is 1. The third kappa shape index (κ3) is 3.59. The Bertz CT molecular complexity index is 1020. The Hall–Kier alpha value is -2.16. The van der Waals surface area contributed by atoms with E-state index >= 15 is 0 Å². The summed E-state index contributed by atoms with van der Waals surface area (Å²) in [5.74, 6) is 0. The standard InChI is InChI=1S/C20H24N4O2S2/c1-16(2)24-15-19(20(21-24)18-9-6-14-27-18)28(25,26)23-12-10-22(11-13-23)17-7-4-3-5-8-17/h3-9,14-16H,10-13H2,1-2H3. The number of sulfonamides is 1. The van der Waals surface area contributed by atoms with E-state index in [0.717, 1.165) is 10.6 Å². The van der Waals surface area contributed by atoms with Gasteiger partial charge in [-0.2, -0.15) is 9.40 Å². The molecule has 0 bridgehead atoms. The topological polar surface area (TPSA) is 58.4 Å². The van der Waals surface area contributed by atoms with Gasteiger partial charge in [0.05, 0.1) is 4.88 Å². The first kappa shape index (κ1) is 19.2. The Morgan fingerprint density at radius 1 is 1.00 bits per heavy atom. The van der Waals surface area contributed by atoms with Crippen LogP contribution >= 0.6 is 11.3 Å². The van der Waals surface area contributed by atoms with Crippen molar-refractivity contribution in [2.45, 2.75) is 24.8 Å². The summed E-state index contributed by atoms with van der Waals surface area (Å²) in [6.07, 6.45) is 1.68. The van der Waals surface area contributed by atoms with Crippen LogP contribution in [0.5, 0.6) is 0 Å². The van der Waals surface area contributed by atoms with Crippen LogP contribution < -0.4 is 4.90 Å². The zero-order chi connectivity index (χ0) is 19.7. The zero-order valence-corrected chi connectivity index (χ0v) is 17.7. The van der Waals surface area contributed by atoms with Crippen LogP contribution in [0.3, 0.4) is 0 Å². The molecule has 1 aromatic carbocycles. The summed E-state index contributed by atoms with van der Waals surface area (Å²) in [5.41, 5.74) is 1.68. The number of benzene rings is 1. The van der Waals surface area contributed by atoms with Gasteiger partial charge in [0.1, 0.15) is 10.6 Å². The second-order valence-electron chi connectivity index (χ2n) is 7.12. The lowest BCUT2D eigenvalue weighted by Crippen LogP contribution is -2.48. The van der Waals surface area contributed by atoms with Crippen molar-refractivity contribution >= 4 is 27.0 Å². The first-order valence-electron chi connectivity index (χ1n) is 9.40. The predicted octanol–water partition coefficient (Wildman–Crippen LogP) is 3.70. The highest BCUT2D eigenvalue weighted by atomic mass is 32.2. The highest BCUT2D eigenvalue weighted by molar-refractivity contribution is 7.89. The van der Waals surface area contributed by atoms with Crippen LogP contribution in [0.1, 0.15) is 19.9 Å². The number of anilines is 1. The van der Waals surface area contributed by atoms with E-state index in [-0.39, 0.29) is 6.04 Å². The largest absolute Gasteiger partial charge is 0.369 e. The maximum Gasteiger partial charge on any atom is 0.246 e. The molecule has 1 fully saturated rings. The lowest BCUT2D eigenvalue weighted by atomic mass is 10.2. The normalized spacial score (nSPS) is 16.0. The lowest BCUT2D eigenvalue weighted by molar-refractivity contribution is 0.385. The van der Waals surface area contributed by atoms with Gasteiger partial charge in [-0.05, 0) is 37.4 Å². The van der Waals surface area contributed by atoms with Crippen LogP contribution in [0, 0.1) is 0 Å². The van der Waals surface area contributed by atoms with E-state index in [2.05, 4.69) is 22.1 Å². The van der Waals surface area contributed by atoms with Crippen molar-refractivity contribution in [3.05, 3.63) is 54.0 Å². The third-order valence-electron chi connectivity index (χ3n) is 4.96. The zero-order valence-electron chi connectivity index (χ0n) is 16.0. The fraction of sp³-hybridized carbons (Fsp3) is 0.350. The molecular weight excluding hydrogens is 392 g/mol. The van der Waals surface area contributed by atoms with E-state index in [1.807, 2.05) is 49.6 Å². The van der Waals surface area contributed by atoms with Crippen LogP contribution in [0.25, 0.3) is 10.6 Å². The smallest absolute Gasteiger partial charge is 0.246 e. The molecule has 1 aliphatic rings. The van der Waals surface area contributed by atoms with Crippen molar-refractivity contribution in [2.24, 2.45) is 0 Å². The van der Waals surface area contributed by atoms with E-state index < -0.39 is 10.0 Å². The van der Waals surface area contributed by atoms with Crippen molar-refractivity contribution in [1.29, 1.82) is 0 Å². The van der Waals surface area contributed by atoms with Crippen molar-refractivity contribution in [1.82, 2.24) is 14.1 Å². The quantitative estimate of drug-likeness (QED) is 0.636. The Kier molecular flexibility index (Phi) is 5.27. The molecule has 6 nitrogen and oxygen atoms in total. The maximum atomic E-state index is 13.4. The summed E-state index contributed by atoms with van der Waals surface area (Å²) in [7, 11) is -3.61. The minimum atomic E-state index is -3.61. The van der Waals surface area contributed by atoms with E-state index in [0.29, 0.717) is 36.8 Å². The van der Waals surface area contributed by atoms with Gasteiger partial charge in [0, 0.05) is 44.1 Å². The van der Waals surface area contributed by atoms with Gasteiger partial charge in [-0.25, -0.2) is 8.42 Å². The average Bonchev–Trinajstić information content (AvgIpc) is 3.38.